The number of hydrogen-bond donors (Lipinski definition) is 2. The van der Waals surface area contributed by atoms with Crippen molar-refractivity contribution in [1.29, 1.82) is 0 Å². The average Bonchev–Trinajstić information content (AvgIpc) is 3.30. The molecule has 1 aromatic heterocycles. The van der Waals surface area contributed by atoms with Gasteiger partial charge in [-0.2, -0.15) is 5.10 Å². The van der Waals surface area contributed by atoms with E-state index in [-0.39, 0.29) is 5.91 Å². The molecule has 3 aromatic carbocycles. The monoisotopic (exact) mass is 543 g/mol. The average molecular weight is 544 g/mol. The lowest BCUT2D eigenvalue weighted by Crippen LogP contribution is -3.15. The Hall–Kier alpha value is -3.52. The molecule has 0 atom stereocenters. The molecule has 0 spiro atoms. The van der Waals surface area contributed by atoms with Gasteiger partial charge in [0.1, 0.15) is 13.1 Å². The maximum atomic E-state index is 12.5. The molecule has 0 saturated carbocycles. The molecule has 1 amide bonds. The molecular weight excluding hydrogens is 516 g/mol. The molecule has 2 heterocycles. The van der Waals surface area contributed by atoms with Gasteiger partial charge in [0, 0.05) is 15.7 Å². The lowest BCUT2D eigenvalue weighted by molar-refractivity contribution is -0.900. The summed E-state index contributed by atoms with van der Waals surface area (Å²) in [6, 6.07) is 31.0. The first-order valence-electron chi connectivity index (χ1n) is 12.0. The highest BCUT2D eigenvalue weighted by molar-refractivity contribution is 9.10. The summed E-state index contributed by atoms with van der Waals surface area (Å²) in [7, 11) is 0. The third-order valence-electron chi connectivity index (χ3n) is 6.24. The first-order chi connectivity index (χ1) is 17.7. The van der Waals surface area contributed by atoms with Crippen molar-refractivity contribution in [2.24, 2.45) is 5.10 Å². The second-order valence-corrected chi connectivity index (χ2v) is 9.63. The van der Waals surface area contributed by atoms with Crippen LogP contribution in [0, 0.1) is 0 Å². The summed E-state index contributed by atoms with van der Waals surface area (Å²) in [6.07, 6.45) is 1.75. The number of hydrazone groups is 1. The molecule has 1 fully saturated rings. The van der Waals surface area contributed by atoms with Crippen LogP contribution in [-0.4, -0.2) is 49.5 Å². The van der Waals surface area contributed by atoms with Gasteiger partial charge in [0.2, 0.25) is 0 Å². The van der Waals surface area contributed by atoms with Crippen LogP contribution in [-0.2, 0) is 9.53 Å². The number of benzene rings is 3. The second kappa shape index (κ2) is 11.5. The number of rotatable bonds is 7. The summed E-state index contributed by atoms with van der Waals surface area (Å²) >= 11 is 3.55. The van der Waals surface area contributed by atoms with Crippen molar-refractivity contribution in [3.8, 4) is 28.2 Å². The fourth-order valence-corrected chi connectivity index (χ4v) is 4.74. The molecule has 7 heteroatoms. The van der Waals surface area contributed by atoms with Gasteiger partial charge in [-0.15, -0.1) is 0 Å². The highest BCUT2D eigenvalue weighted by atomic mass is 79.9. The van der Waals surface area contributed by atoms with Crippen molar-refractivity contribution in [2.75, 3.05) is 32.8 Å². The SMILES string of the molecule is O=C(C[NH+]1CCOCC1)NN=Cc1cc(-c2ccccc2)n(-c2ccc(Br)cc2)c1-c1ccccc1. The van der Waals surface area contributed by atoms with E-state index in [0.29, 0.717) is 19.8 Å². The van der Waals surface area contributed by atoms with E-state index in [1.54, 1.807) is 6.21 Å². The molecule has 1 aliphatic rings. The Morgan fingerprint density at radius 2 is 1.58 bits per heavy atom. The van der Waals surface area contributed by atoms with E-state index >= 15 is 0 Å². The molecule has 0 unspecified atom stereocenters. The summed E-state index contributed by atoms with van der Waals surface area (Å²) in [5, 5.41) is 4.36. The number of halogens is 1. The Balaban J connectivity index is 1.54. The van der Waals surface area contributed by atoms with Gasteiger partial charge in [-0.05, 0) is 41.5 Å². The van der Waals surface area contributed by atoms with E-state index < -0.39 is 0 Å². The summed E-state index contributed by atoms with van der Waals surface area (Å²) in [5.74, 6) is -0.0972. The number of hydrogen-bond acceptors (Lipinski definition) is 3. The Morgan fingerprint density at radius 3 is 2.25 bits per heavy atom. The summed E-state index contributed by atoms with van der Waals surface area (Å²) in [5.41, 5.74) is 8.89. The van der Waals surface area contributed by atoms with E-state index in [4.69, 9.17) is 4.74 Å². The molecule has 36 heavy (non-hydrogen) atoms. The number of aromatic nitrogens is 1. The molecule has 0 aliphatic carbocycles. The Kier molecular flexibility index (Phi) is 7.71. The molecule has 5 rings (SSSR count). The number of carbonyl (C=O) groups is 1. The summed E-state index contributed by atoms with van der Waals surface area (Å²) in [4.78, 5) is 13.7. The number of quaternary nitrogens is 1. The van der Waals surface area contributed by atoms with Crippen LogP contribution in [0.5, 0.6) is 0 Å². The van der Waals surface area contributed by atoms with Gasteiger partial charge in [0.25, 0.3) is 5.91 Å². The number of carbonyl (C=O) groups excluding carboxylic acids is 1. The van der Waals surface area contributed by atoms with Gasteiger partial charge in [-0.25, -0.2) is 5.43 Å². The molecule has 0 radical (unpaired) electrons. The summed E-state index contributed by atoms with van der Waals surface area (Å²) < 4.78 is 8.65. The van der Waals surface area contributed by atoms with Crippen molar-refractivity contribution in [1.82, 2.24) is 9.99 Å². The van der Waals surface area contributed by atoms with Crippen LogP contribution in [0.15, 0.2) is 101 Å². The zero-order chi connectivity index (χ0) is 24.7. The van der Waals surface area contributed by atoms with Gasteiger partial charge in [0.05, 0.1) is 30.8 Å². The molecule has 6 nitrogen and oxygen atoms in total. The maximum Gasteiger partial charge on any atom is 0.295 e. The van der Waals surface area contributed by atoms with Gasteiger partial charge < -0.3 is 14.2 Å². The first kappa shape index (κ1) is 24.2. The third-order valence-corrected chi connectivity index (χ3v) is 6.76. The highest BCUT2D eigenvalue weighted by Gasteiger charge is 2.20. The van der Waals surface area contributed by atoms with E-state index in [2.05, 4.69) is 73.5 Å². The topological polar surface area (TPSA) is 60.1 Å². The number of nitrogens with one attached hydrogen (secondary N) is 2. The van der Waals surface area contributed by atoms with Crippen LogP contribution in [0.4, 0.5) is 0 Å². The van der Waals surface area contributed by atoms with Crippen LogP contribution in [0.25, 0.3) is 28.2 Å². The minimum absolute atomic E-state index is 0.0972. The van der Waals surface area contributed by atoms with E-state index in [9.17, 15) is 4.79 Å². The Bertz CT molecular complexity index is 1330. The molecule has 2 N–H and O–H groups in total. The number of amides is 1. The fraction of sp³-hybridized carbons (Fsp3) is 0.172. The molecule has 1 saturated heterocycles. The van der Waals surface area contributed by atoms with Crippen molar-refractivity contribution in [2.45, 2.75) is 0 Å². The lowest BCUT2D eigenvalue weighted by Gasteiger charge is -2.22. The fourth-order valence-electron chi connectivity index (χ4n) is 4.48. The minimum atomic E-state index is -0.0972. The van der Waals surface area contributed by atoms with Gasteiger partial charge in [-0.3, -0.25) is 4.79 Å². The Labute approximate surface area is 219 Å². The Morgan fingerprint density at radius 1 is 0.944 bits per heavy atom. The van der Waals surface area contributed by atoms with Crippen molar-refractivity contribution < 1.29 is 14.4 Å². The largest absolute Gasteiger partial charge is 0.370 e. The predicted octanol–water partition coefficient (Wildman–Crippen LogP) is 3.94. The van der Waals surface area contributed by atoms with Crippen LogP contribution >= 0.6 is 15.9 Å². The van der Waals surface area contributed by atoms with E-state index in [1.807, 2.05) is 48.5 Å². The van der Waals surface area contributed by atoms with Crippen LogP contribution in [0.3, 0.4) is 0 Å². The number of ether oxygens (including phenoxy) is 1. The van der Waals surface area contributed by atoms with Crippen LogP contribution in [0.2, 0.25) is 0 Å². The summed E-state index contributed by atoms with van der Waals surface area (Å²) in [6.45, 7) is 3.45. The van der Waals surface area contributed by atoms with Crippen molar-refractivity contribution in [3.63, 3.8) is 0 Å². The zero-order valence-corrected chi connectivity index (χ0v) is 21.4. The quantitative estimate of drug-likeness (QED) is 0.274. The van der Waals surface area contributed by atoms with E-state index in [0.717, 1.165) is 51.3 Å². The van der Waals surface area contributed by atoms with Crippen molar-refractivity contribution in [3.05, 3.63) is 101 Å². The molecule has 0 bridgehead atoms. The maximum absolute atomic E-state index is 12.5. The molecule has 182 valence electrons. The van der Waals surface area contributed by atoms with Gasteiger partial charge >= 0.3 is 0 Å². The van der Waals surface area contributed by atoms with Gasteiger partial charge in [0.15, 0.2) is 6.54 Å². The molecule has 1 aliphatic heterocycles. The minimum Gasteiger partial charge on any atom is -0.370 e. The van der Waals surface area contributed by atoms with Crippen LogP contribution < -0.4 is 10.3 Å². The molecule has 4 aromatic rings. The first-order valence-corrected chi connectivity index (χ1v) is 12.8. The van der Waals surface area contributed by atoms with E-state index in [1.165, 1.54) is 4.90 Å². The highest BCUT2D eigenvalue weighted by Crippen LogP contribution is 2.35. The molecular formula is C29H28BrN4O2+. The third kappa shape index (κ3) is 5.65. The normalized spacial score (nSPS) is 14.2. The van der Waals surface area contributed by atoms with Crippen LogP contribution in [0.1, 0.15) is 5.56 Å². The number of nitrogens with zero attached hydrogens (tertiary/aromatic N) is 2. The lowest BCUT2D eigenvalue weighted by atomic mass is 10.1. The van der Waals surface area contributed by atoms with Gasteiger partial charge in [-0.1, -0.05) is 76.6 Å². The standard InChI is InChI=1S/C29H27BrN4O2/c30-25-11-13-26(14-12-25)34-27(22-7-3-1-4-8-22)19-24(29(34)23-9-5-2-6-10-23)20-31-32-28(35)21-33-15-17-36-18-16-33/h1-14,19-20H,15-18,21H2,(H,32,35)/p+1. The zero-order valence-electron chi connectivity index (χ0n) is 19.9. The van der Waals surface area contributed by atoms with Crippen molar-refractivity contribution >= 4 is 28.1 Å². The number of morpholine rings is 1. The smallest absolute Gasteiger partial charge is 0.295 e. The predicted molar refractivity (Wildman–Crippen MR) is 146 cm³/mol. The second-order valence-electron chi connectivity index (χ2n) is 8.71.